The molecule has 0 aromatic heterocycles. The van der Waals surface area contributed by atoms with E-state index in [4.69, 9.17) is 27.9 Å². The van der Waals surface area contributed by atoms with E-state index >= 15 is 0 Å². The van der Waals surface area contributed by atoms with Gasteiger partial charge in [0.05, 0.1) is 0 Å². The predicted octanol–water partition coefficient (Wildman–Crippen LogP) is 4.61. The van der Waals surface area contributed by atoms with Crippen LogP contribution >= 0.6 is 23.2 Å². The summed E-state index contributed by atoms with van der Waals surface area (Å²) in [4.78, 5) is 2.19. The molecule has 0 saturated carbocycles. The minimum Gasteiger partial charge on any atom is -0.489 e. The van der Waals surface area contributed by atoms with Crippen LogP contribution in [-0.2, 0) is 13.2 Å². The van der Waals surface area contributed by atoms with Crippen molar-refractivity contribution in [3.63, 3.8) is 0 Å². The zero-order chi connectivity index (χ0) is 17.4. The molecule has 0 aliphatic rings. The normalized spacial score (nSPS) is 11.0. The molecule has 0 aliphatic carbocycles. The third-order valence-electron chi connectivity index (χ3n) is 3.63. The van der Waals surface area contributed by atoms with Crippen LogP contribution in [0.15, 0.2) is 42.5 Å². The van der Waals surface area contributed by atoms with E-state index in [-0.39, 0.29) is 0 Å². The molecule has 0 amide bonds. The number of nitrogens with zero attached hydrogens (tertiary/aromatic N) is 1. The Bertz CT molecular complexity index is 627. The van der Waals surface area contributed by atoms with Crippen LogP contribution in [0.5, 0.6) is 5.75 Å². The number of benzene rings is 2. The van der Waals surface area contributed by atoms with E-state index in [0.717, 1.165) is 37.4 Å². The van der Waals surface area contributed by atoms with Crippen molar-refractivity contribution in [2.75, 3.05) is 27.2 Å². The molecule has 2 rings (SSSR count). The van der Waals surface area contributed by atoms with Gasteiger partial charge in [0.1, 0.15) is 12.4 Å². The maximum Gasteiger partial charge on any atom is 0.120 e. The number of nitrogens with one attached hydrogen (secondary N) is 1. The third kappa shape index (κ3) is 6.33. The number of rotatable bonds is 9. The van der Waals surface area contributed by atoms with E-state index in [9.17, 15) is 0 Å². The summed E-state index contributed by atoms with van der Waals surface area (Å²) in [5, 5.41) is 4.70. The maximum absolute atomic E-state index is 6.17. The Balaban J connectivity index is 1.84. The highest BCUT2D eigenvalue weighted by Crippen LogP contribution is 2.26. The second-order valence-corrected chi connectivity index (χ2v) is 6.78. The maximum atomic E-state index is 6.17. The highest BCUT2D eigenvalue weighted by molar-refractivity contribution is 6.35. The summed E-state index contributed by atoms with van der Waals surface area (Å²) in [5.74, 6) is 0.818. The summed E-state index contributed by atoms with van der Waals surface area (Å²) < 4.78 is 5.85. The summed E-state index contributed by atoms with van der Waals surface area (Å²) in [5.41, 5.74) is 2.01. The first-order chi connectivity index (χ1) is 11.6. The van der Waals surface area contributed by atoms with Gasteiger partial charge in [-0.15, -0.1) is 0 Å². The molecule has 0 spiro atoms. The van der Waals surface area contributed by atoms with Crippen LogP contribution in [0.2, 0.25) is 10.0 Å². The molecule has 0 bridgehead atoms. The van der Waals surface area contributed by atoms with Crippen LogP contribution in [0.1, 0.15) is 17.5 Å². The van der Waals surface area contributed by atoms with Gasteiger partial charge in [-0.1, -0.05) is 41.4 Å². The predicted molar refractivity (Wildman–Crippen MR) is 102 cm³/mol. The standard InChI is InChI=1S/C19H24Cl2N2O/c1-23(2)11-5-10-22-13-15-6-3-7-16(12-15)24-14-17-18(20)8-4-9-19(17)21/h3-4,6-9,12,22H,5,10-11,13-14H2,1-2H3. The van der Waals surface area contributed by atoms with Crippen molar-refractivity contribution in [2.24, 2.45) is 0 Å². The number of hydrogen-bond donors (Lipinski definition) is 1. The minimum atomic E-state index is 0.359. The first kappa shape index (κ1) is 19.1. The number of ether oxygens (including phenoxy) is 1. The Morgan fingerprint density at radius 3 is 2.46 bits per heavy atom. The first-order valence-corrected chi connectivity index (χ1v) is 8.82. The third-order valence-corrected chi connectivity index (χ3v) is 4.34. The lowest BCUT2D eigenvalue weighted by Gasteiger charge is -2.12. The van der Waals surface area contributed by atoms with E-state index in [1.165, 1.54) is 5.56 Å². The average Bonchev–Trinajstić information content (AvgIpc) is 2.54. The van der Waals surface area contributed by atoms with Crippen LogP contribution < -0.4 is 10.1 Å². The number of halogens is 2. The molecule has 3 nitrogen and oxygen atoms in total. The summed E-state index contributed by atoms with van der Waals surface area (Å²) in [6.45, 7) is 3.28. The van der Waals surface area contributed by atoms with Crippen LogP contribution in [0.3, 0.4) is 0 Å². The fourth-order valence-corrected chi connectivity index (χ4v) is 2.83. The minimum absolute atomic E-state index is 0.359. The van der Waals surface area contributed by atoms with Crippen molar-refractivity contribution in [3.05, 3.63) is 63.6 Å². The molecule has 130 valence electrons. The van der Waals surface area contributed by atoms with E-state index in [1.54, 1.807) is 0 Å². The quantitative estimate of drug-likeness (QED) is 0.655. The average molecular weight is 367 g/mol. The zero-order valence-electron chi connectivity index (χ0n) is 14.2. The fourth-order valence-electron chi connectivity index (χ4n) is 2.32. The van der Waals surface area contributed by atoms with Crippen molar-refractivity contribution >= 4 is 23.2 Å². The Morgan fingerprint density at radius 2 is 1.75 bits per heavy atom. The highest BCUT2D eigenvalue weighted by atomic mass is 35.5. The van der Waals surface area contributed by atoms with Gasteiger partial charge >= 0.3 is 0 Å². The van der Waals surface area contributed by atoms with Gasteiger partial charge in [0.25, 0.3) is 0 Å². The topological polar surface area (TPSA) is 24.5 Å². The van der Waals surface area contributed by atoms with E-state index in [2.05, 4.69) is 30.4 Å². The van der Waals surface area contributed by atoms with Crippen molar-refractivity contribution < 1.29 is 4.74 Å². The molecule has 0 heterocycles. The van der Waals surface area contributed by atoms with E-state index in [0.29, 0.717) is 16.7 Å². The highest BCUT2D eigenvalue weighted by Gasteiger charge is 2.06. The van der Waals surface area contributed by atoms with Gasteiger partial charge in [0, 0.05) is 22.2 Å². The van der Waals surface area contributed by atoms with Gasteiger partial charge in [-0.25, -0.2) is 0 Å². The Kier molecular flexibility index (Phi) is 7.86. The smallest absolute Gasteiger partial charge is 0.120 e. The van der Waals surface area contributed by atoms with E-state index in [1.807, 2.05) is 36.4 Å². The monoisotopic (exact) mass is 366 g/mol. The first-order valence-electron chi connectivity index (χ1n) is 8.06. The Hall–Kier alpha value is -1.26. The van der Waals surface area contributed by atoms with Gasteiger partial charge in [-0.05, 0) is 63.4 Å². The lowest BCUT2D eigenvalue weighted by molar-refractivity contribution is 0.306. The molecule has 0 radical (unpaired) electrons. The van der Waals surface area contributed by atoms with Crippen molar-refractivity contribution in [1.29, 1.82) is 0 Å². The van der Waals surface area contributed by atoms with Gasteiger partial charge < -0.3 is 15.0 Å². The second kappa shape index (κ2) is 9.90. The van der Waals surface area contributed by atoms with Gasteiger partial charge in [-0.2, -0.15) is 0 Å². The molecule has 0 fully saturated rings. The van der Waals surface area contributed by atoms with Crippen molar-refractivity contribution in [3.8, 4) is 5.75 Å². The zero-order valence-corrected chi connectivity index (χ0v) is 15.7. The molecule has 24 heavy (non-hydrogen) atoms. The molecule has 1 N–H and O–H groups in total. The SMILES string of the molecule is CN(C)CCCNCc1cccc(OCc2c(Cl)cccc2Cl)c1. The molecule has 0 aliphatic heterocycles. The summed E-state index contributed by atoms with van der Waals surface area (Å²) in [6, 6.07) is 13.6. The largest absolute Gasteiger partial charge is 0.489 e. The molecular weight excluding hydrogens is 343 g/mol. The molecule has 5 heteroatoms. The summed E-state index contributed by atoms with van der Waals surface area (Å²) in [6.07, 6.45) is 1.13. The molecule has 0 unspecified atom stereocenters. The molecular formula is C19H24Cl2N2O. The van der Waals surface area contributed by atoms with Crippen LogP contribution in [0.4, 0.5) is 0 Å². The van der Waals surface area contributed by atoms with Gasteiger partial charge in [-0.3, -0.25) is 0 Å². The van der Waals surface area contributed by atoms with Crippen molar-refractivity contribution in [1.82, 2.24) is 10.2 Å². The van der Waals surface area contributed by atoms with Crippen LogP contribution in [0.25, 0.3) is 0 Å². The van der Waals surface area contributed by atoms with Crippen LogP contribution in [-0.4, -0.2) is 32.1 Å². The fraction of sp³-hybridized carbons (Fsp3) is 0.368. The molecule has 0 saturated heterocycles. The number of hydrogen-bond acceptors (Lipinski definition) is 3. The lowest BCUT2D eigenvalue weighted by Crippen LogP contribution is -2.20. The van der Waals surface area contributed by atoms with Crippen molar-refractivity contribution in [2.45, 2.75) is 19.6 Å². The Morgan fingerprint density at radius 1 is 1.04 bits per heavy atom. The molecule has 2 aromatic carbocycles. The van der Waals surface area contributed by atoms with Gasteiger partial charge in [0.2, 0.25) is 0 Å². The lowest BCUT2D eigenvalue weighted by atomic mass is 10.2. The van der Waals surface area contributed by atoms with E-state index < -0.39 is 0 Å². The summed E-state index contributed by atoms with van der Waals surface area (Å²) >= 11 is 12.3. The summed E-state index contributed by atoms with van der Waals surface area (Å²) in [7, 11) is 4.18. The second-order valence-electron chi connectivity index (χ2n) is 5.97. The van der Waals surface area contributed by atoms with Gasteiger partial charge in [0.15, 0.2) is 0 Å². The molecule has 2 aromatic rings. The van der Waals surface area contributed by atoms with Crippen LogP contribution in [0, 0.1) is 0 Å². The molecule has 0 atom stereocenters. The Labute approximate surface area is 154 Å².